The van der Waals surface area contributed by atoms with E-state index < -0.39 is 21.8 Å². The number of fused-ring (bicyclic) bond motifs is 1. The van der Waals surface area contributed by atoms with Crippen molar-refractivity contribution in [2.75, 3.05) is 12.8 Å². The van der Waals surface area contributed by atoms with E-state index in [0.29, 0.717) is 12.1 Å². The highest BCUT2D eigenvalue weighted by Gasteiger charge is 2.49. The molecule has 0 aromatic heterocycles. The number of likely N-dealkylation sites (tertiary alicyclic amines) is 1. The molecule has 2 fully saturated rings. The second-order valence-electron chi connectivity index (χ2n) is 6.39. The Morgan fingerprint density at radius 3 is 2.39 bits per heavy atom. The number of sulfone groups is 1. The summed E-state index contributed by atoms with van der Waals surface area (Å²) in [7, 11) is -3.32. The van der Waals surface area contributed by atoms with Crippen LogP contribution in [0.5, 0.6) is 0 Å². The normalized spacial score (nSPS) is 27.0. The quantitative estimate of drug-likeness (QED) is 0.900. The summed E-state index contributed by atoms with van der Waals surface area (Å²) < 4.78 is 22.9. The van der Waals surface area contributed by atoms with E-state index in [1.807, 2.05) is 0 Å². The van der Waals surface area contributed by atoms with Crippen molar-refractivity contribution in [1.82, 2.24) is 4.90 Å². The van der Waals surface area contributed by atoms with Crippen LogP contribution in [0.1, 0.15) is 29.6 Å². The molecule has 23 heavy (non-hydrogen) atoms. The fourth-order valence-electron chi connectivity index (χ4n) is 3.84. The number of hydrogen-bond acceptors (Lipinski definition) is 4. The lowest BCUT2D eigenvalue weighted by molar-refractivity contribution is -0.142. The largest absolute Gasteiger partial charge is 0.480 e. The van der Waals surface area contributed by atoms with Crippen LogP contribution < -0.4 is 0 Å². The molecule has 1 aromatic rings. The molecule has 1 saturated heterocycles. The van der Waals surface area contributed by atoms with Gasteiger partial charge in [0, 0.05) is 18.4 Å². The van der Waals surface area contributed by atoms with Gasteiger partial charge in [0.1, 0.15) is 6.04 Å². The summed E-state index contributed by atoms with van der Waals surface area (Å²) >= 11 is 0. The van der Waals surface area contributed by atoms with Crippen molar-refractivity contribution in [3.05, 3.63) is 29.8 Å². The van der Waals surface area contributed by atoms with Gasteiger partial charge in [0.2, 0.25) is 0 Å². The topological polar surface area (TPSA) is 91.8 Å². The Hall–Kier alpha value is -1.89. The number of carbonyl (C=O) groups is 2. The number of hydrogen-bond donors (Lipinski definition) is 1. The van der Waals surface area contributed by atoms with Crippen LogP contribution in [0.4, 0.5) is 0 Å². The van der Waals surface area contributed by atoms with E-state index in [9.17, 15) is 23.1 Å². The van der Waals surface area contributed by atoms with E-state index in [0.717, 1.165) is 25.5 Å². The summed E-state index contributed by atoms with van der Waals surface area (Å²) in [6.45, 7) is 0.467. The first-order valence-corrected chi connectivity index (χ1v) is 9.52. The molecule has 1 saturated carbocycles. The molecule has 1 aliphatic carbocycles. The second-order valence-corrected chi connectivity index (χ2v) is 8.41. The first kappa shape index (κ1) is 16.0. The Bertz CT molecular complexity index is 740. The van der Waals surface area contributed by atoms with E-state index in [4.69, 9.17) is 0 Å². The van der Waals surface area contributed by atoms with E-state index >= 15 is 0 Å². The predicted octanol–water partition coefficient (Wildman–Crippen LogP) is 1.42. The minimum Gasteiger partial charge on any atom is -0.480 e. The maximum atomic E-state index is 12.7. The lowest BCUT2D eigenvalue weighted by atomic mass is 9.94. The smallest absolute Gasteiger partial charge is 0.326 e. The Kier molecular flexibility index (Phi) is 3.91. The van der Waals surface area contributed by atoms with Crippen molar-refractivity contribution in [1.29, 1.82) is 0 Å². The highest BCUT2D eigenvalue weighted by atomic mass is 32.2. The molecule has 3 atom stereocenters. The van der Waals surface area contributed by atoms with Crippen molar-refractivity contribution in [3.8, 4) is 0 Å². The van der Waals surface area contributed by atoms with Crippen LogP contribution in [0, 0.1) is 11.8 Å². The third-order valence-corrected chi connectivity index (χ3v) is 6.06. The summed E-state index contributed by atoms with van der Waals surface area (Å²) in [6, 6.07) is 4.90. The van der Waals surface area contributed by atoms with Gasteiger partial charge in [-0.1, -0.05) is 6.42 Å². The molecule has 3 unspecified atom stereocenters. The average Bonchev–Trinajstić information content (AvgIpc) is 3.05. The number of amides is 1. The van der Waals surface area contributed by atoms with Crippen LogP contribution >= 0.6 is 0 Å². The van der Waals surface area contributed by atoms with Crippen molar-refractivity contribution in [2.45, 2.75) is 30.2 Å². The Balaban J connectivity index is 1.86. The Morgan fingerprint density at radius 2 is 1.83 bits per heavy atom. The zero-order valence-corrected chi connectivity index (χ0v) is 13.6. The molecule has 1 aliphatic heterocycles. The van der Waals surface area contributed by atoms with E-state index in [-0.39, 0.29) is 22.6 Å². The number of rotatable bonds is 3. The predicted molar refractivity (Wildman–Crippen MR) is 82.8 cm³/mol. The molecule has 7 heteroatoms. The third-order valence-electron chi connectivity index (χ3n) is 4.93. The maximum Gasteiger partial charge on any atom is 0.326 e. The minimum atomic E-state index is -3.32. The summed E-state index contributed by atoms with van der Waals surface area (Å²) in [5, 5.41) is 9.50. The van der Waals surface area contributed by atoms with Crippen LogP contribution in [0.15, 0.2) is 29.2 Å². The van der Waals surface area contributed by atoms with Crippen LogP contribution in [0.25, 0.3) is 0 Å². The molecular formula is C16H19NO5S. The molecule has 0 bridgehead atoms. The lowest BCUT2D eigenvalue weighted by Gasteiger charge is -2.24. The van der Waals surface area contributed by atoms with Gasteiger partial charge < -0.3 is 10.0 Å². The fourth-order valence-corrected chi connectivity index (χ4v) is 4.47. The molecule has 1 heterocycles. The lowest BCUT2D eigenvalue weighted by Crippen LogP contribution is -2.43. The van der Waals surface area contributed by atoms with Gasteiger partial charge in [-0.25, -0.2) is 13.2 Å². The van der Waals surface area contributed by atoms with Gasteiger partial charge in [0.25, 0.3) is 5.91 Å². The fraction of sp³-hybridized carbons (Fsp3) is 0.500. The van der Waals surface area contributed by atoms with Crippen molar-refractivity contribution in [2.24, 2.45) is 11.8 Å². The molecule has 0 radical (unpaired) electrons. The second kappa shape index (κ2) is 5.63. The summed E-state index contributed by atoms with van der Waals surface area (Å²) in [6.07, 6.45) is 3.93. The molecule has 3 rings (SSSR count). The average molecular weight is 337 g/mol. The number of aliphatic carboxylic acids is 1. The molecule has 2 aliphatic rings. The Morgan fingerprint density at radius 1 is 1.17 bits per heavy atom. The summed E-state index contributed by atoms with van der Waals surface area (Å²) in [5.74, 6) is -1.01. The number of carbonyl (C=O) groups excluding carboxylic acids is 1. The van der Waals surface area contributed by atoms with E-state index in [1.165, 1.54) is 29.2 Å². The van der Waals surface area contributed by atoms with Gasteiger partial charge in [0.05, 0.1) is 4.90 Å². The zero-order valence-electron chi connectivity index (χ0n) is 12.8. The summed E-state index contributed by atoms with van der Waals surface area (Å²) in [5.41, 5.74) is 0.323. The van der Waals surface area contributed by atoms with E-state index in [2.05, 4.69) is 0 Å². The first-order valence-electron chi connectivity index (χ1n) is 7.63. The number of benzene rings is 1. The first-order chi connectivity index (χ1) is 10.8. The molecule has 124 valence electrons. The van der Waals surface area contributed by atoms with Crippen molar-refractivity contribution in [3.63, 3.8) is 0 Å². The maximum absolute atomic E-state index is 12.7. The summed E-state index contributed by atoms with van der Waals surface area (Å²) in [4.78, 5) is 25.8. The van der Waals surface area contributed by atoms with Crippen molar-refractivity contribution < 1.29 is 23.1 Å². The van der Waals surface area contributed by atoms with E-state index in [1.54, 1.807) is 0 Å². The zero-order chi connectivity index (χ0) is 16.8. The van der Waals surface area contributed by atoms with Crippen LogP contribution in [-0.2, 0) is 14.6 Å². The molecule has 6 nitrogen and oxygen atoms in total. The number of carboxylic acids is 1. The molecule has 0 spiro atoms. The van der Waals surface area contributed by atoms with Gasteiger partial charge in [-0.3, -0.25) is 4.79 Å². The minimum absolute atomic E-state index is 0.0340. The van der Waals surface area contributed by atoms with Gasteiger partial charge in [0.15, 0.2) is 9.84 Å². The molecule has 1 aromatic carbocycles. The molecule has 1 amide bonds. The Labute approximate surface area is 135 Å². The van der Waals surface area contributed by atoms with Crippen LogP contribution in [0.3, 0.4) is 0 Å². The van der Waals surface area contributed by atoms with Gasteiger partial charge in [-0.05, 0) is 48.9 Å². The number of nitrogens with zero attached hydrogens (tertiary/aromatic N) is 1. The van der Waals surface area contributed by atoms with Crippen LogP contribution in [-0.4, -0.2) is 49.1 Å². The van der Waals surface area contributed by atoms with Crippen LogP contribution in [0.2, 0.25) is 0 Å². The van der Waals surface area contributed by atoms with Gasteiger partial charge in [-0.2, -0.15) is 0 Å². The van der Waals surface area contributed by atoms with Crippen molar-refractivity contribution >= 4 is 21.7 Å². The highest BCUT2D eigenvalue weighted by molar-refractivity contribution is 7.90. The molecule has 1 N–H and O–H groups in total. The number of carboxylic acid groups (broad SMARTS) is 1. The SMILES string of the molecule is CS(=O)(=O)c1ccc(C(=O)N2CC3CCCC3C2C(=O)O)cc1. The molecular weight excluding hydrogens is 318 g/mol. The third kappa shape index (κ3) is 2.85. The van der Waals surface area contributed by atoms with Gasteiger partial charge >= 0.3 is 5.97 Å². The highest BCUT2D eigenvalue weighted by Crippen LogP contribution is 2.42. The van der Waals surface area contributed by atoms with Gasteiger partial charge in [-0.15, -0.1) is 0 Å². The monoisotopic (exact) mass is 337 g/mol. The standard InChI is InChI=1S/C16H19NO5S/c1-23(21,22)12-7-5-10(6-8-12)15(18)17-9-11-3-2-4-13(11)14(17)16(19)20/h5-8,11,13-14H,2-4,9H2,1H3,(H,19,20).